The van der Waals surface area contributed by atoms with Gasteiger partial charge in [0.2, 0.25) is 0 Å². The molecule has 1 aromatic heterocycles. The maximum Gasteiger partial charge on any atom is 0.0715 e. The zero-order valence-corrected chi connectivity index (χ0v) is 17.0. The Balaban J connectivity index is 1.56. The standard InChI is InChI=1S/C25H26N4O/c26-21-17-18(9-10-24(21)29-13-11-28(12-14-29)15-16-30)25-19-5-1-3-7-22(19)27-23-8-4-2-6-20(23)25/h1-10,17,30H,11-16,26H2. The van der Waals surface area contributed by atoms with Gasteiger partial charge in [-0.3, -0.25) is 4.90 Å². The van der Waals surface area contributed by atoms with Crippen molar-refractivity contribution in [1.29, 1.82) is 0 Å². The van der Waals surface area contributed by atoms with Crippen LogP contribution in [0.15, 0.2) is 66.7 Å². The van der Waals surface area contributed by atoms with Gasteiger partial charge in [-0.05, 0) is 29.8 Å². The molecule has 1 aliphatic rings. The van der Waals surface area contributed by atoms with Crippen LogP contribution in [0.2, 0.25) is 0 Å². The average molecular weight is 399 g/mol. The van der Waals surface area contributed by atoms with Crippen LogP contribution in [0.5, 0.6) is 0 Å². The number of benzene rings is 3. The Morgan fingerprint density at radius 3 is 2.07 bits per heavy atom. The van der Waals surface area contributed by atoms with Crippen LogP contribution >= 0.6 is 0 Å². The lowest BCUT2D eigenvalue weighted by atomic mass is 9.95. The molecule has 0 atom stereocenters. The molecule has 152 valence electrons. The highest BCUT2D eigenvalue weighted by Gasteiger charge is 2.19. The van der Waals surface area contributed by atoms with Crippen LogP contribution in [0.3, 0.4) is 0 Å². The molecule has 0 aliphatic carbocycles. The highest BCUT2D eigenvalue weighted by Crippen LogP contribution is 2.37. The first-order chi connectivity index (χ1) is 14.7. The highest BCUT2D eigenvalue weighted by atomic mass is 16.3. The second-order valence-electron chi connectivity index (χ2n) is 7.85. The third kappa shape index (κ3) is 3.36. The second kappa shape index (κ2) is 7.94. The van der Waals surface area contributed by atoms with Crippen molar-refractivity contribution in [1.82, 2.24) is 9.88 Å². The molecule has 1 fully saturated rings. The summed E-state index contributed by atoms with van der Waals surface area (Å²) in [7, 11) is 0. The number of piperazine rings is 1. The molecule has 0 bridgehead atoms. The number of nitrogens with two attached hydrogens (primary N) is 1. The number of aliphatic hydroxyl groups excluding tert-OH is 1. The lowest BCUT2D eigenvalue weighted by Crippen LogP contribution is -2.47. The van der Waals surface area contributed by atoms with Crippen LogP contribution in [0.1, 0.15) is 0 Å². The fraction of sp³-hybridized carbons (Fsp3) is 0.240. The minimum Gasteiger partial charge on any atom is -0.397 e. The molecule has 0 spiro atoms. The number of β-amino-alcohol motifs (C(OH)–C–C–N with tert-alkyl or cyclic N) is 1. The Labute approximate surface area is 176 Å². The fourth-order valence-electron chi connectivity index (χ4n) is 4.50. The molecule has 1 saturated heterocycles. The summed E-state index contributed by atoms with van der Waals surface area (Å²) in [5.74, 6) is 0. The van der Waals surface area contributed by atoms with Gasteiger partial charge in [-0.15, -0.1) is 0 Å². The SMILES string of the molecule is Nc1cc(-c2c3ccccc3nc3ccccc23)ccc1N1CCN(CCO)CC1. The van der Waals surface area contributed by atoms with Crippen LogP contribution < -0.4 is 10.6 Å². The first-order valence-corrected chi connectivity index (χ1v) is 10.5. The van der Waals surface area contributed by atoms with Crippen molar-refractivity contribution in [2.24, 2.45) is 0 Å². The lowest BCUT2D eigenvalue weighted by Gasteiger charge is -2.36. The third-order valence-corrected chi connectivity index (χ3v) is 6.03. The van der Waals surface area contributed by atoms with Crippen LogP contribution in [0, 0.1) is 0 Å². The molecule has 5 rings (SSSR count). The Kier molecular flexibility index (Phi) is 4.99. The average Bonchev–Trinajstić information content (AvgIpc) is 2.78. The molecule has 3 N–H and O–H groups in total. The molecule has 0 unspecified atom stereocenters. The molecule has 3 aromatic carbocycles. The van der Waals surface area contributed by atoms with Gasteiger partial charge in [-0.1, -0.05) is 42.5 Å². The number of fused-ring (bicyclic) bond motifs is 2. The van der Waals surface area contributed by atoms with E-state index in [-0.39, 0.29) is 6.61 Å². The number of hydrogen-bond donors (Lipinski definition) is 2. The van der Waals surface area contributed by atoms with Gasteiger partial charge in [-0.2, -0.15) is 0 Å². The number of aliphatic hydroxyl groups is 1. The quantitative estimate of drug-likeness (QED) is 0.405. The number of hydrogen-bond acceptors (Lipinski definition) is 5. The summed E-state index contributed by atoms with van der Waals surface area (Å²) in [4.78, 5) is 9.47. The van der Waals surface area contributed by atoms with Gasteiger partial charge in [0.05, 0.1) is 29.0 Å². The van der Waals surface area contributed by atoms with Crippen LogP contribution in [0.25, 0.3) is 32.9 Å². The van der Waals surface area contributed by atoms with Gasteiger partial charge < -0.3 is 15.7 Å². The van der Waals surface area contributed by atoms with E-state index in [4.69, 9.17) is 15.8 Å². The van der Waals surface area contributed by atoms with E-state index >= 15 is 0 Å². The van der Waals surface area contributed by atoms with Gasteiger partial charge in [0.25, 0.3) is 0 Å². The van der Waals surface area contributed by atoms with E-state index in [0.717, 1.165) is 71.5 Å². The first kappa shape index (κ1) is 18.9. The molecule has 2 heterocycles. The highest BCUT2D eigenvalue weighted by molar-refractivity contribution is 6.09. The molecule has 4 aromatic rings. The second-order valence-corrected chi connectivity index (χ2v) is 7.85. The van der Waals surface area contributed by atoms with Crippen molar-refractivity contribution in [2.75, 3.05) is 50.0 Å². The van der Waals surface area contributed by atoms with Crippen molar-refractivity contribution in [3.05, 3.63) is 66.7 Å². The topological polar surface area (TPSA) is 65.6 Å². The summed E-state index contributed by atoms with van der Waals surface area (Å²) in [6, 6.07) is 23.0. The van der Waals surface area contributed by atoms with Crippen LogP contribution in [-0.2, 0) is 0 Å². The fourth-order valence-corrected chi connectivity index (χ4v) is 4.50. The van der Waals surface area contributed by atoms with E-state index in [2.05, 4.69) is 64.4 Å². The van der Waals surface area contributed by atoms with Crippen LogP contribution in [-0.4, -0.2) is 54.3 Å². The Morgan fingerprint density at radius 1 is 0.833 bits per heavy atom. The number of nitrogens with zero attached hydrogens (tertiary/aromatic N) is 3. The maximum atomic E-state index is 9.16. The van der Waals surface area contributed by atoms with Crippen molar-refractivity contribution in [3.63, 3.8) is 0 Å². The Bertz CT molecular complexity index is 1140. The summed E-state index contributed by atoms with van der Waals surface area (Å²) in [5.41, 5.74) is 12.7. The largest absolute Gasteiger partial charge is 0.397 e. The van der Waals surface area contributed by atoms with E-state index < -0.39 is 0 Å². The molecule has 5 nitrogen and oxygen atoms in total. The van der Waals surface area contributed by atoms with Crippen molar-refractivity contribution >= 4 is 33.2 Å². The van der Waals surface area contributed by atoms with E-state index in [9.17, 15) is 0 Å². The molecular weight excluding hydrogens is 372 g/mol. The molecule has 30 heavy (non-hydrogen) atoms. The van der Waals surface area contributed by atoms with Crippen LogP contribution in [0.4, 0.5) is 11.4 Å². The maximum absolute atomic E-state index is 9.16. The molecule has 5 heteroatoms. The molecular formula is C25H26N4O. The number of aromatic nitrogens is 1. The predicted octanol–water partition coefficient (Wildman–Crippen LogP) is 3.75. The zero-order valence-electron chi connectivity index (χ0n) is 17.0. The first-order valence-electron chi connectivity index (χ1n) is 10.5. The molecule has 0 radical (unpaired) electrons. The summed E-state index contributed by atoms with van der Waals surface area (Å²) in [6.07, 6.45) is 0. The Morgan fingerprint density at radius 2 is 1.47 bits per heavy atom. The van der Waals surface area contributed by atoms with Crippen molar-refractivity contribution in [2.45, 2.75) is 0 Å². The number of para-hydroxylation sites is 2. The minimum absolute atomic E-state index is 0.213. The minimum atomic E-state index is 0.213. The zero-order chi connectivity index (χ0) is 20.5. The summed E-state index contributed by atoms with van der Waals surface area (Å²) >= 11 is 0. The van der Waals surface area contributed by atoms with Gasteiger partial charge in [0.15, 0.2) is 0 Å². The smallest absolute Gasteiger partial charge is 0.0715 e. The number of pyridine rings is 1. The van der Waals surface area contributed by atoms with Gasteiger partial charge in [-0.25, -0.2) is 4.98 Å². The van der Waals surface area contributed by atoms with Gasteiger partial charge >= 0.3 is 0 Å². The molecule has 0 amide bonds. The number of nitrogen functional groups attached to an aromatic ring is 1. The molecule has 1 aliphatic heterocycles. The predicted molar refractivity (Wildman–Crippen MR) is 125 cm³/mol. The van der Waals surface area contributed by atoms with E-state index in [0.29, 0.717) is 0 Å². The number of anilines is 2. The van der Waals surface area contributed by atoms with Gasteiger partial charge in [0.1, 0.15) is 0 Å². The third-order valence-electron chi connectivity index (χ3n) is 6.03. The van der Waals surface area contributed by atoms with E-state index in [1.165, 1.54) is 5.56 Å². The summed E-state index contributed by atoms with van der Waals surface area (Å²) < 4.78 is 0. The lowest BCUT2D eigenvalue weighted by molar-refractivity contribution is 0.189. The van der Waals surface area contributed by atoms with Crippen molar-refractivity contribution in [3.8, 4) is 11.1 Å². The van der Waals surface area contributed by atoms with Gasteiger partial charge in [0, 0.05) is 49.1 Å². The summed E-state index contributed by atoms with van der Waals surface area (Å²) in [5, 5.41) is 11.4. The summed E-state index contributed by atoms with van der Waals surface area (Å²) in [6.45, 7) is 4.69. The normalized spacial score (nSPS) is 15.2. The monoisotopic (exact) mass is 398 g/mol. The van der Waals surface area contributed by atoms with E-state index in [1.807, 2.05) is 12.1 Å². The number of rotatable bonds is 4. The molecule has 0 saturated carbocycles. The van der Waals surface area contributed by atoms with Crippen molar-refractivity contribution < 1.29 is 5.11 Å². The van der Waals surface area contributed by atoms with E-state index in [1.54, 1.807) is 0 Å². The Hall–Kier alpha value is -3.15.